The van der Waals surface area contributed by atoms with Gasteiger partial charge in [0.15, 0.2) is 0 Å². The Morgan fingerprint density at radius 1 is 1.67 bits per heavy atom. The van der Waals surface area contributed by atoms with Crippen LogP contribution in [0.1, 0.15) is 6.92 Å². The highest BCUT2D eigenvalue weighted by molar-refractivity contribution is 7.87. The van der Waals surface area contributed by atoms with Gasteiger partial charge in [-0.3, -0.25) is 0 Å². The van der Waals surface area contributed by atoms with Gasteiger partial charge in [-0.25, -0.2) is 9.86 Å². The number of rotatable bonds is 6. The Kier molecular flexibility index (Phi) is 5.07. The Hall–Kier alpha value is -0.430. The van der Waals surface area contributed by atoms with Crippen LogP contribution in [0.25, 0.3) is 0 Å². The van der Waals surface area contributed by atoms with Crippen LogP contribution in [0.3, 0.4) is 0 Å². The summed E-state index contributed by atoms with van der Waals surface area (Å²) in [5.41, 5.74) is 0.894. The van der Waals surface area contributed by atoms with Crippen molar-refractivity contribution in [1.82, 2.24) is 4.72 Å². The average Bonchev–Trinajstić information content (AvgIpc) is 1.83. The summed E-state index contributed by atoms with van der Waals surface area (Å²) in [6.45, 7) is 6.36. The second-order valence-corrected chi connectivity index (χ2v) is 3.83. The van der Waals surface area contributed by atoms with E-state index in [1.165, 1.54) is 0 Å². The molecule has 0 unspecified atom stereocenters. The molecule has 0 saturated heterocycles. The van der Waals surface area contributed by atoms with Crippen LogP contribution in [-0.4, -0.2) is 28.2 Å². The van der Waals surface area contributed by atoms with Crippen LogP contribution >= 0.6 is 0 Å². The third kappa shape index (κ3) is 9.57. The molecule has 0 amide bonds. The molecule has 0 aliphatic carbocycles. The van der Waals surface area contributed by atoms with E-state index in [4.69, 9.17) is 4.74 Å². The van der Waals surface area contributed by atoms with Crippen LogP contribution in [0.2, 0.25) is 0 Å². The third-order valence-electron chi connectivity index (χ3n) is 0.898. The van der Waals surface area contributed by atoms with Crippen LogP contribution in [0.4, 0.5) is 0 Å². The molecule has 3 N–H and O–H groups in total. The van der Waals surface area contributed by atoms with Gasteiger partial charge in [-0.1, -0.05) is 12.2 Å². The molecule has 0 saturated carbocycles. The summed E-state index contributed by atoms with van der Waals surface area (Å²) >= 11 is 0. The molecule has 0 aromatic carbocycles. The molecule has 0 aliphatic rings. The second-order valence-electron chi connectivity index (χ2n) is 2.45. The Labute approximate surface area is 72.8 Å². The minimum Gasteiger partial charge on any atom is -0.376 e. The Bertz CT molecular complexity index is 235. The molecule has 5 nitrogen and oxygen atoms in total. The van der Waals surface area contributed by atoms with Crippen molar-refractivity contribution in [3.05, 3.63) is 12.2 Å². The van der Waals surface area contributed by atoms with Gasteiger partial charge in [-0.05, 0) is 6.92 Å². The number of nitrogens with one attached hydrogen (secondary N) is 1. The lowest BCUT2D eigenvalue weighted by Crippen LogP contribution is -2.33. The highest BCUT2D eigenvalue weighted by Gasteiger charge is 1.98. The molecule has 0 rings (SSSR count). The number of hydrogen-bond acceptors (Lipinski definition) is 3. The Morgan fingerprint density at radius 2 is 2.25 bits per heavy atom. The lowest BCUT2D eigenvalue weighted by molar-refractivity contribution is 0.162. The van der Waals surface area contributed by atoms with Gasteiger partial charge in [0.1, 0.15) is 0 Å². The molecular weight excluding hydrogens is 180 g/mol. The van der Waals surface area contributed by atoms with Crippen molar-refractivity contribution in [3.63, 3.8) is 0 Å². The Balaban J connectivity index is 3.29. The molecule has 0 spiro atoms. The molecule has 0 radical (unpaired) electrons. The monoisotopic (exact) mass is 194 g/mol. The summed E-state index contributed by atoms with van der Waals surface area (Å²) < 4.78 is 27.7. The minimum atomic E-state index is -3.58. The lowest BCUT2D eigenvalue weighted by atomic mass is 10.4. The zero-order chi connectivity index (χ0) is 9.61. The van der Waals surface area contributed by atoms with E-state index in [1.54, 1.807) is 0 Å². The van der Waals surface area contributed by atoms with E-state index in [0.717, 1.165) is 5.57 Å². The maximum Gasteiger partial charge on any atom is 0.274 e. The van der Waals surface area contributed by atoms with E-state index in [1.807, 2.05) is 6.92 Å². The van der Waals surface area contributed by atoms with E-state index in [-0.39, 0.29) is 6.54 Å². The maximum atomic E-state index is 10.3. The van der Waals surface area contributed by atoms with E-state index in [0.29, 0.717) is 13.2 Å². The van der Waals surface area contributed by atoms with Gasteiger partial charge in [0.25, 0.3) is 10.2 Å². The SMILES string of the molecule is C=C(C)COCCNS(N)(=O)=O. The normalized spacial score (nSPS) is 11.5. The molecule has 0 aromatic rings. The zero-order valence-electron chi connectivity index (χ0n) is 7.04. The van der Waals surface area contributed by atoms with Gasteiger partial charge >= 0.3 is 0 Å². The fraction of sp³-hybridized carbons (Fsp3) is 0.667. The lowest BCUT2D eigenvalue weighted by Gasteiger charge is -2.03. The third-order valence-corrected chi connectivity index (χ3v) is 1.50. The first-order chi connectivity index (χ1) is 5.42. The predicted octanol–water partition coefficient (Wildman–Crippen LogP) is -0.628. The largest absolute Gasteiger partial charge is 0.376 e. The van der Waals surface area contributed by atoms with Crippen LogP contribution in [0, 0.1) is 0 Å². The molecule has 0 aromatic heterocycles. The highest BCUT2D eigenvalue weighted by Crippen LogP contribution is 1.86. The van der Waals surface area contributed by atoms with Gasteiger partial charge in [-0.2, -0.15) is 8.42 Å². The van der Waals surface area contributed by atoms with E-state index in [2.05, 4.69) is 16.4 Å². The summed E-state index contributed by atoms with van der Waals surface area (Å²) in [6, 6.07) is 0. The summed E-state index contributed by atoms with van der Waals surface area (Å²) in [5.74, 6) is 0. The molecule has 12 heavy (non-hydrogen) atoms. The molecule has 0 aliphatic heterocycles. The minimum absolute atomic E-state index is 0.187. The molecule has 72 valence electrons. The number of hydrogen-bond donors (Lipinski definition) is 2. The smallest absolute Gasteiger partial charge is 0.274 e. The summed E-state index contributed by atoms with van der Waals surface area (Å²) in [7, 11) is -3.58. The molecule has 0 heterocycles. The first-order valence-corrected chi connectivity index (χ1v) is 4.96. The molecule has 6 heteroatoms. The van der Waals surface area contributed by atoms with Crippen molar-refractivity contribution in [2.75, 3.05) is 19.8 Å². The van der Waals surface area contributed by atoms with Gasteiger partial charge in [0.2, 0.25) is 0 Å². The van der Waals surface area contributed by atoms with E-state index in [9.17, 15) is 8.42 Å². The topological polar surface area (TPSA) is 81.4 Å². The Morgan fingerprint density at radius 3 is 2.67 bits per heavy atom. The van der Waals surface area contributed by atoms with Crippen molar-refractivity contribution in [2.24, 2.45) is 5.14 Å². The van der Waals surface area contributed by atoms with Crippen LogP contribution in [0.15, 0.2) is 12.2 Å². The van der Waals surface area contributed by atoms with E-state index >= 15 is 0 Å². The van der Waals surface area contributed by atoms with E-state index < -0.39 is 10.2 Å². The quantitative estimate of drug-likeness (QED) is 0.436. The summed E-state index contributed by atoms with van der Waals surface area (Å²) in [4.78, 5) is 0. The fourth-order valence-corrected chi connectivity index (χ4v) is 0.870. The van der Waals surface area contributed by atoms with Crippen molar-refractivity contribution in [2.45, 2.75) is 6.92 Å². The summed E-state index contributed by atoms with van der Waals surface area (Å²) in [5, 5.41) is 4.67. The number of nitrogens with two attached hydrogens (primary N) is 1. The van der Waals surface area contributed by atoms with Gasteiger partial charge < -0.3 is 4.74 Å². The maximum absolute atomic E-state index is 10.3. The fourth-order valence-electron chi connectivity index (χ4n) is 0.502. The van der Waals surface area contributed by atoms with Crippen molar-refractivity contribution in [3.8, 4) is 0 Å². The molecule has 0 fully saturated rings. The van der Waals surface area contributed by atoms with Crippen molar-refractivity contribution < 1.29 is 13.2 Å². The van der Waals surface area contributed by atoms with Crippen LogP contribution < -0.4 is 9.86 Å². The molecule has 0 bridgehead atoms. The first kappa shape index (κ1) is 11.6. The standard InChI is InChI=1S/C6H14N2O3S/c1-6(2)5-11-4-3-8-12(7,9)10/h8H,1,3-5H2,2H3,(H2,7,9,10). The highest BCUT2D eigenvalue weighted by atomic mass is 32.2. The van der Waals surface area contributed by atoms with Crippen LogP contribution in [0.5, 0.6) is 0 Å². The zero-order valence-corrected chi connectivity index (χ0v) is 7.86. The second kappa shape index (κ2) is 5.26. The van der Waals surface area contributed by atoms with Crippen LogP contribution in [-0.2, 0) is 14.9 Å². The van der Waals surface area contributed by atoms with Crippen molar-refractivity contribution in [1.29, 1.82) is 0 Å². The van der Waals surface area contributed by atoms with Gasteiger partial charge in [0.05, 0.1) is 13.2 Å². The number of ether oxygens (including phenoxy) is 1. The molecule has 0 atom stereocenters. The summed E-state index contributed by atoms with van der Waals surface area (Å²) in [6.07, 6.45) is 0. The average molecular weight is 194 g/mol. The predicted molar refractivity (Wildman–Crippen MR) is 46.7 cm³/mol. The molecular formula is C6H14N2O3S. The van der Waals surface area contributed by atoms with Gasteiger partial charge in [-0.15, -0.1) is 0 Å². The van der Waals surface area contributed by atoms with Crippen molar-refractivity contribution >= 4 is 10.2 Å². The van der Waals surface area contributed by atoms with Gasteiger partial charge in [0, 0.05) is 6.54 Å². The first-order valence-electron chi connectivity index (χ1n) is 3.41.